The summed E-state index contributed by atoms with van der Waals surface area (Å²) in [6.45, 7) is -0.298. The molecule has 0 radical (unpaired) electrons. The summed E-state index contributed by atoms with van der Waals surface area (Å²) in [6.07, 6.45) is 3.09. The number of hydrogen-bond donors (Lipinski definition) is 2. The van der Waals surface area contributed by atoms with Gasteiger partial charge < -0.3 is 10.1 Å². The van der Waals surface area contributed by atoms with Crippen LogP contribution in [-0.4, -0.2) is 47.0 Å². The zero-order valence-corrected chi connectivity index (χ0v) is 18.0. The highest BCUT2D eigenvalue weighted by Gasteiger charge is 2.35. The number of benzene rings is 2. The van der Waals surface area contributed by atoms with Gasteiger partial charge in [-0.05, 0) is 35.9 Å². The molecule has 170 valence electrons. The van der Waals surface area contributed by atoms with Crippen molar-refractivity contribution in [2.45, 2.75) is 17.5 Å². The molecule has 3 N–H and O–H groups in total. The number of carbonyl (C=O) groups excluding carboxylic acids is 2. The minimum absolute atomic E-state index is 0.00539. The number of amides is 3. The summed E-state index contributed by atoms with van der Waals surface area (Å²) >= 11 is 0. The van der Waals surface area contributed by atoms with Crippen molar-refractivity contribution in [3.05, 3.63) is 84.4 Å². The van der Waals surface area contributed by atoms with Crippen molar-refractivity contribution in [3.8, 4) is 11.5 Å². The Kier molecular flexibility index (Phi) is 6.33. The average molecular weight is 471 g/mol. The topological polar surface area (TPSA) is 121 Å². The summed E-state index contributed by atoms with van der Waals surface area (Å²) < 4.78 is 45.3. The molecule has 9 nitrogen and oxygen atoms in total. The third-order valence-electron chi connectivity index (χ3n) is 4.89. The highest BCUT2D eigenvalue weighted by molar-refractivity contribution is 7.89. The van der Waals surface area contributed by atoms with Crippen LogP contribution in [0.25, 0.3) is 0 Å². The van der Waals surface area contributed by atoms with Gasteiger partial charge in [0.15, 0.2) is 0 Å². The van der Waals surface area contributed by atoms with E-state index in [1.165, 1.54) is 54.7 Å². The number of nitrogens with one attached hydrogen (secondary N) is 2. The fraction of sp³-hybridized carbons (Fsp3) is 0.136. The highest BCUT2D eigenvalue weighted by Crippen LogP contribution is 2.26. The van der Waals surface area contributed by atoms with Crippen LogP contribution in [0.5, 0.6) is 11.5 Å². The minimum atomic E-state index is -4.04. The standard InChI is InChI=1S/C22H19FN4O5S/c23-16-3-5-17(6-4-16)32-18-7-9-19(10-8-18)33(30,31)27(13-15-2-1-11-24-12-15)14-20-21(28)26-22(29)25-20/h1-12,20H,13-14H2,(H2,25,26,28,29)/p+1/t20-/m0/s1. The number of aromatic nitrogens is 1. The van der Waals surface area contributed by atoms with Crippen molar-refractivity contribution in [1.82, 2.24) is 19.9 Å². The summed E-state index contributed by atoms with van der Waals surface area (Å²) in [6, 6.07) is 13.2. The van der Waals surface area contributed by atoms with Gasteiger partial charge in [0, 0.05) is 49.7 Å². The maximum atomic E-state index is 13.4. The lowest BCUT2D eigenvalue weighted by Crippen LogP contribution is -2.44. The number of nitrogens with zero attached hydrogens (tertiary/aromatic N) is 2. The quantitative estimate of drug-likeness (QED) is 0.386. The van der Waals surface area contributed by atoms with Gasteiger partial charge in [-0.2, -0.15) is 4.31 Å². The van der Waals surface area contributed by atoms with Gasteiger partial charge in [-0.3, -0.25) is 15.1 Å². The molecule has 1 saturated heterocycles. The molecule has 3 amide bonds. The second-order valence-corrected chi connectivity index (χ2v) is 9.19. The minimum Gasteiger partial charge on any atom is -0.546 e. The number of imide groups is 1. The second kappa shape index (κ2) is 9.35. The molecular weight excluding hydrogens is 451 g/mol. The lowest BCUT2D eigenvalue weighted by molar-refractivity contribution is -0.120. The Morgan fingerprint density at radius 1 is 1.00 bits per heavy atom. The van der Waals surface area contributed by atoms with Crippen LogP contribution in [0.4, 0.5) is 9.18 Å². The Bertz CT molecular complexity index is 1250. The van der Waals surface area contributed by atoms with Crippen LogP contribution >= 0.6 is 0 Å². The Balaban J connectivity index is 1.57. The summed E-state index contributed by atoms with van der Waals surface area (Å²) in [5.41, 5.74) is 0.619. The van der Waals surface area contributed by atoms with Crippen LogP contribution < -0.4 is 10.6 Å². The zero-order valence-electron chi connectivity index (χ0n) is 17.2. The Morgan fingerprint density at radius 2 is 1.67 bits per heavy atom. The number of pyridine rings is 1. The van der Waals surface area contributed by atoms with Crippen molar-refractivity contribution in [3.63, 3.8) is 0 Å². The zero-order chi connectivity index (χ0) is 23.4. The number of hydrogen-bond acceptors (Lipinski definition) is 5. The molecule has 1 aliphatic heterocycles. The van der Waals surface area contributed by atoms with E-state index < -0.39 is 28.0 Å². The summed E-state index contributed by atoms with van der Waals surface area (Å²) in [7, 11) is -4.04. The first-order chi connectivity index (χ1) is 15.8. The second-order valence-electron chi connectivity index (χ2n) is 7.26. The number of aromatic hydroxyl groups is 2. The summed E-state index contributed by atoms with van der Waals surface area (Å²) in [5.74, 6) is 0.0334. The molecule has 0 aliphatic carbocycles. The van der Waals surface area contributed by atoms with Crippen molar-refractivity contribution in [2.75, 3.05) is 6.54 Å². The van der Waals surface area contributed by atoms with Crippen LogP contribution in [0, 0.1) is 5.82 Å². The van der Waals surface area contributed by atoms with Gasteiger partial charge in [-0.25, -0.2) is 17.6 Å². The molecular formula is C22H20FN4O5S+. The van der Waals surface area contributed by atoms with E-state index in [-0.39, 0.29) is 23.8 Å². The largest absolute Gasteiger partial charge is 0.546 e. The molecule has 2 aromatic carbocycles. The van der Waals surface area contributed by atoms with E-state index in [1.54, 1.807) is 18.3 Å². The van der Waals surface area contributed by atoms with E-state index in [0.717, 1.165) is 4.31 Å². The molecule has 1 fully saturated rings. The Morgan fingerprint density at radius 3 is 2.24 bits per heavy atom. The molecule has 0 saturated carbocycles. The van der Waals surface area contributed by atoms with Gasteiger partial charge in [-0.1, -0.05) is 6.07 Å². The average Bonchev–Trinajstić information content (AvgIpc) is 3.12. The lowest BCUT2D eigenvalue weighted by atomic mass is 10.2. The number of halogens is 1. The fourth-order valence-electron chi connectivity index (χ4n) is 3.24. The van der Waals surface area contributed by atoms with Crippen molar-refractivity contribution in [1.29, 1.82) is 0 Å². The van der Waals surface area contributed by atoms with E-state index in [9.17, 15) is 22.4 Å². The molecule has 0 bridgehead atoms. The molecule has 1 aliphatic rings. The molecule has 11 heteroatoms. The summed E-state index contributed by atoms with van der Waals surface area (Å²) in [4.78, 5) is 27.5. The normalized spacial score (nSPS) is 15.9. The van der Waals surface area contributed by atoms with Crippen molar-refractivity contribution >= 4 is 22.0 Å². The molecule has 1 aromatic heterocycles. The number of rotatable bonds is 8. The summed E-state index contributed by atoms with van der Waals surface area (Å²) in [5, 5.41) is 4.52. The first-order valence-electron chi connectivity index (χ1n) is 9.89. The van der Waals surface area contributed by atoms with Crippen LogP contribution in [0.15, 0.2) is 78.0 Å². The maximum absolute atomic E-state index is 13.4. The Hall–Kier alpha value is -3.83. The van der Waals surface area contributed by atoms with Crippen LogP contribution in [0.3, 0.4) is 0 Å². The number of ether oxygens (including phenoxy) is 1. The molecule has 3 aromatic rings. The Labute approximate surface area is 189 Å². The molecule has 2 heterocycles. The van der Waals surface area contributed by atoms with E-state index in [2.05, 4.69) is 20.4 Å². The van der Waals surface area contributed by atoms with E-state index in [0.29, 0.717) is 17.1 Å². The number of carbonyl (C=O) groups is 2. The molecule has 0 spiro atoms. The number of sulfonamides is 1. The van der Waals surface area contributed by atoms with Gasteiger partial charge in [0.05, 0.1) is 4.90 Å². The monoisotopic (exact) mass is 471 g/mol. The third-order valence-corrected chi connectivity index (χ3v) is 6.71. The first kappa shape index (κ1) is 22.4. The molecule has 33 heavy (non-hydrogen) atoms. The van der Waals surface area contributed by atoms with E-state index in [1.807, 2.05) is 0 Å². The van der Waals surface area contributed by atoms with Crippen molar-refractivity contribution < 1.29 is 27.1 Å². The molecule has 4 rings (SSSR count). The van der Waals surface area contributed by atoms with Crippen LogP contribution in [0.2, 0.25) is 0 Å². The smallest absolute Gasteiger partial charge is 0.322 e. The highest BCUT2D eigenvalue weighted by atomic mass is 32.2. The van der Waals surface area contributed by atoms with E-state index in [4.69, 9.17) is 0 Å². The van der Waals surface area contributed by atoms with E-state index >= 15 is 0 Å². The van der Waals surface area contributed by atoms with Crippen LogP contribution in [0.1, 0.15) is 5.56 Å². The lowest BCUT2D eigenvalue weighted by Gasteiger charge is -2.24. The van der Waals surface area contributed by atoms with Gasteiger partial charge in [0.1, 0.15) is 11.9 Å². The number of urea groups is 1. The molecule has 0 unspecified atom stereocenters. The van der Waals surface area contributed by atoms with Crippen molar-refractivity contribution in [2.24, 2.45) is 0 Å². The SMILES string of the molecule is O=C1NC(=O)[C@H](CN(Cc2cccnc2)S(=O)(=O)c2ccc([OH+]c3ccc(F)cc3)cc2)N1. The van der Waals surface area contributed by atoms with Gasteiger partial charge in [0.25, 0.3) is 17.4 Å². The predicted molar refractivity (Wildman–Crippen MR) is 116 cm³/mol. The third kappa shape index (κ3) is 5.33. The van der Waals surface area contributed by atoms with Gasteiger partial charge in [0.2, 0.25) is 10.0 Å². The predicted octanol–water partition coefficient (Wildman–Crippen LogP) is 2.27. The van der Waals surface area contributed by atoms with Crippen LogP contribution in [-0.2, 0) is 21.4 Å². The van der Waals surface area contributed by atoms with Gasteiger partial charge in [-0.15, -0.1) is 0 Å². The maximum Gasteiger partial charge on any atom is 0.322 e. The fourth-order valence-corrected chi connectivity index (χ4v) is 4.68. The molecule has 1 atom stereocenters. The first-order valence-corrected chi connectivity index (χ1v) is 11.3. The van der Waals surface area contributed by atoms with Gasteiger partial charge >= 0.3 is 6.03 Å².